The summed E-state index contributed by atoms with van der Waals surface area (Å²) in [6, 6.07) is 8.40. The Bertz CT molecular complexity index is 718. The Balaban J connectivity index is 1.32. The Morgan fingerprint density at radius 3 is 2.96 bits per heavy atom. The van der Waals surface area contributed by atoms with Crippen molar-refractivity contribution < 1.29 is 9.53 Å². The summed E-state index contributed by atoms with van der Waals surface area (Å²) in [5.41, 5.74) is 2.64. The molecule has 25 heavy (non-hydrogen) atoms. The van der Waals surface area contributed by atoms with Crippen molar-refractivity contribution >= 4 is 5.91 Å². The Morgan fingerprint density at radius 1 is 1.24 bits per heavy atom. The highest BCUT2D eigenvalue weighted by atomic mass is 16.5. The highest BCUT2D eigenvalue weighted by molar-refractivity contribution is 5.78. The van der Waals surface area contributed by atoms with Crippen molar-refractivity contribution in [3.8, 4) is 0 Å². The molecule has 1 aromatic heterocycles. The molecule has 3 heterocycles. The van der Waals surface area contributed by atoms with E-state index >= 15 is 0 Å². The van der Waals surface area contributed by atoms with Crippen LogP contribution in [0.5, 0.6) is 0 Å². The SMILES string of the molecule is O=C(CN1CCO[C@@H](Cn2cncn2)C1)N1CCc2ccccc2C1. The van der Waals surface area contributed by atoms with E-state index in [2.05, 4.69) is 33.2 Å². The normalized spacial score (nSPS) is 21.1. The van der Waals surface area contributed by atoms with Crippen molar-refractivity contribution in [2.24, 2.45) is 0 Å². The lowest BCUT2D eigenvalue weighted by molar-refractivity contribution is -0.135. The number of carbonyl (C=O) groups excluding carboxylic acids is 1. The van der Waals surface area contributed by atoms with E-state index in [0.717, 1.165) is 32.6 Å². The molecule has 0 N–H and O–H groups in total. The molecule has 1 fully saturated rings. The maximum Gasteiger partial charge on any atom is 0.237 e. The molecule has 0 spiro atoms. The first kappa shape index (κ1) is 16.2. The highest BCUT2D eigenvalue weighted by Gasteiger charge is 2.26. The molecular formula is C18H23N5O2. The first-order valence-corrected chi connectivity index (χ1v) is 8.79. The maximum absolute atomic E-state index is 12.7. The van der Waals surface area contributed by atoms with Gasteiger partial charge in [-0.2, -0.15) is 5.10 Å². The van der Waals surface area contributed by atoms with Gasteiger partial charge in [0.15, 0.2) is 0 Å². The van der Waals surface area contributed by atoms with E-state index in [1.165, 1.54) is 17.5 Å². The monoisotopic (exact) mass is 341 g/mol. The topological polar surface area (TPSA) is 63.5 Å². The van der Waals surface area contributed by atoms with Crippen molar-refractivity contribution in [2.45, 2.75) is 25.6 Å². The smallest absolute Gasteiger partial charge is 0.237 e. The van der Waals surface area contributed by atoms with Crippen molar-refractivity contribution in [1.29, 1.82) is 0 Å². The molecule has 2 aromatic rings. The number of rotatable bonds is 4. The number of carbonyl (C=O) groups is 1. The molecule has 1 amide bonds. The molecule has 1 atom stereocenters. The molecule has 0 saturated carbocycles. The summed E-state index contributed by atoms with van der Waals surface area (Å²) in [5.74, 6) is 0.205. The lowest BCUT2D eigenvalue weighted by Gasteiger charge is -2.35. The van der Waals surface area contributed by atoms with Gasteiger partial charge in [0.1, 0.15) is 12.7 Å². The molecule has 0 aliphatic carbocycles. The summed E-state index contributed by atoms with van der Waals surface area (Å²) in [7, 11) is 0. The van der Waals surface area contributed by atoms with E-state index in [0.29, 0.717) is 19.7 Å². The van der Waals surface area contributed by atoms with Crippen molar-refractivity contribution in [3.63, 3.8) is 0 Å². The molecule has 2 aliphatic heterocycles. The summed E-state index contributed by atoms with van der Waals surface area (Å²) in [5, 5.41) is 4.12. The second-order valence-corrected chi connectivity index (χ2v) is 6.68. The van der Waals surface area contributed by atoms with Crippen molar-refractivity contribution in [2.75, 3.05) is 32.8 Å². The zero-order chi connectivity index (χ0) is 17.1. The zero-order valence-corrected chi connectivity index (χ0v) is 14.3. The largest absolute Gasteiger partial charge is 0.374 e. The van der Waals surface area contributed by atoms with Gasteiger partial charge in [-0.3, -0.25) is 14.4 Å². The van der Waals surface area contributed by atoms with Gasteiger partial charge in [0.05, 0.1) is 25.8 Å². The Hall–Kier alpha value is -2.25. The number of morpholine rings is 1. The van der Waals surface area contributed by atoms with Gasteiger partial charge in [-0.1, -0.05) is 24.3 Å². The van der Waals surface area contributed by atoms with Crippen LogP contribution in [0.2, 0.25) is 0 Å². The summed E-state index contributed by atoms with van der Waals surface area (Å²) < 4.78 is 7.58. The number of aromatic nitrogens is 3. The molecule has 7 nitrogen and oxygen atoms in total. The molecule has 1 saturated heterocycles. The molecule has 132 valence electrons. The molecule has 4 rings (SSSR count). The van der Waals surface area contributed by atoms with Crippen LogP contribution >= 0.6 is 0 Å². The van der Waals surface area contributed by atoms with Crippen LogP contribution in [0.1, 0.15) is 11.1 Å². The first-order chi connectivity index (χ1) is 12.3. The van der Waals surface area contributed by atoms with Gasteiger partial charge < -0.3 is 9.64 Å². The zero-order valence-electron chi connectivity index (χ0n) is 14.3. The van der Waals surface area contributed by atoms with Crippen LogP contribution in [0, 0.1) is 0 Å². The predicted molar refractivity (Wildman–Crippen MR) is 91.8 cm³/mol. The number of benzene rings is 1. The van der Waals surface area contributed by atoms with Crippen molar-refractivity contribution in [3.05, 3.63) is 48.0 Å². The van der Waals surface area contributed by atoms with E-state index in [1.807, 2.05) is 11.0 Å². The lowest BCUT2D eigenvalue weighted by Crippen LogP contribution is -2.49. The number of hydrogen-bond acceptors (Lipinski definition) is 5. The van der Waals surface area contributed by atoms with E-state index < -0.39 is 0 Å². The molecule has 7 heteroatoms. The van der Waals surface area contributed by atoms with Gasteiger partial charge in [-0.05, 0) is 17.5 Å². The van der Waals surface area contributed by atoms with Crippen LogP contribution in [0.15, 0.2) is 36.9 Å². The average Bonchev–Trinajstić information content (AvgIpc) is 3.14. The van der Waals surface area contributed by atoms with E-state index in [1.54, 1.807) is 11.0 Å². The van der Waals surface area contributed by atoms with E-state index in [9.17, 15) is 4.79 Å². The predicted octanol–water partition coefficient (Wildman–Crippen LogP) is 0.564. The van der Waals surface area contributed by atoms with Crippen LogP contribution in [0.3, 0.4) is 0 Å². The molecular weight excluding hydrogens is 318 g/mol. The third-order valence-corrected chi connectivity index (χ3v) is 4.92. The van der Waals surface area contributed by atoms with Gasteiger partial charge in [0.2, 0.25) is 5.91 Å². The standard InChI is InChI=1S/C18H23N5O2/c24-18(22-6-5-15-3-1-2-4-16(15)9-22)12-21-7-8-25-17(10-21)11-23-14-19-13-20-23/h1-4,13-14,17H,5-12H2/t17-/m1/s1. The van der Waals surface area contributed by atoms with Crippen molar-refractivity contribution in [1.82, 2.24) is 24.6 Å². The highest BCUT2D eigenvalue weighted by Crippen LogP contribution is 2.19. The minimum Gasteiger partial charge on any atom is -0.374 e. The van der Waals surface area contributed by atoms with Crippen LogP contribution in [-0.2, 0) is 29.0 Å². The number of fused-ring (bicyclic) bond motifs is 1. The molecule has 1 aromatic carbocycles. The molecule has 2 aliphatic rings. The van der Waals surface area contributed by atoms with E-state index in [-0.39, 0.29) is 12.0 Å². The number of ether oxygens (including phenoxy) is 1. The summed E-state index contributed by atoms with van der Waals surface area (Å²) in [6.45, 7) is 4.85. The third kappa shape index (κ3) is 3.88. The fraction of sp³-hybridized carbons (Fsp3) is 0.500. The summed E-state index contributed by atoms with van der Waals surface area (Å²) in [6.07, 6.45) is 4.21. The van der Waals surface area contributed by atoms with Crippen LogP contribution in [0.25, 0.3) is 0 Å². The lowest BCUT2D eigenvalue weighted by atomic mass is 10.00. The molecule has 0 radical (unpaired) electrons. The van der Waals surface area contributed by atoms with E-state index in [4.69, 9.17) is 4.74 Å². The van der Waals surface area contributed by atoms with Gasteiger partial charge in [-0.25, -0.2) is 4.98 Å². The second-order valence-electron chi connectivity index (χ2n) is 6.68. The van der Waals surface area contributed by atoms with Crippen LogP contribution < -0.4 is 0 Å². The quantitative estimate of drug-likeness (QED) is 0.813. The fourth-order valence-electron chi connectivity index (χ4n) is 3.57. The Morgan fingerprint density at radius 2 is 2.12 bits per heavy atom. The van der Waals surface area contributed by atoms with Gasteiger partial charge in [0, 0.05) is 26.2 Å². The number of nitrogens with zero attached hydrogens (tertiary/aromatic N) is 5. The fourth-order valence-corrected chi connectivity index (χ4v) is 3.57. The average molecular weight is 341 g/mol. The maximum atomic E-state index is 12.7. The Labute approximate surface area is 147 Å². The minimum atomic E-state index is 0.0466. The van der Waals surface area contributed by atoms with Gasteiger partial charge >= 0.3 is 0 Å². The Kier molecular flexibility index (Phi) is 4.76. The first-order valence-electron chi connectivity index (χ1n) is 8.79. The number of hydrogen-bond donors (Lipinski definition) is 0. The minimum absolute atomic E-state index is 0.0466. The second kappa shape index (κ2) is 7.33. The third-order valence-electron chi connectivity index (χ3n) is 4.92. The molecule has 0 bridgehead atoms. The summed E-state index contributed by atoms with van der Waals surface area (Å²) >= 11 is 0. The van der Waals surface area contributed by atoms with Gasteiger partial charge in [0.25, 0.3) is 0 Å². The molecule has 0 unspecified atom stereocenters. The summed E-state index contributed by atoms with van der Waals surface area (Å²) in [4.78, 5) is 20.8. The number of amides is 1. The van der Waals surface area contributed by atoms with Crippen LogP contribution in [-0.4, -0.2) is 69.4 Å². The van der Waals surface area contributed by atoms with Gasteiger partial charge in [-0.15, -0.1) is 0 Å². The van der Waals surface area contributed by atoms with Crippen LogP contribution in [0.4, 0.5) is 0 Å².